The molecule has 2 amide bonds. The molecular formula is C25H25Br2N3O5S2. The minimum Gasteiger partial charge on any atom is -0.385 e. The number of ether oxygens (including phenoxy) is 1. The number of rotatable bonds is 8. The van der Waals surface area contributed by atoms with Crippen molar-refractivity contribution in [3.05, 3.63) is 50.2 Å². The Morgan fingerprint density at radius 1 is 1.24 bits per heavy atom. The van der Waals surface area contributed by atoms with Gasteiger partial charge in [-0.1, -0.05) is 12.1 Å². The van der Waals surface area contributed by atoms with Crippen LogP contribution in [0.2, 0.25) is 0 Å². The molecule has 0 saturated carbocycles. The van der Waals surface area contributed by atoms with Gasteiger partial charge >= 0.3 is 0 Å². The molecule has 2 aromatic carbocycles. The minimum absolute atomic E-state index is 0.0554. The third kappa shape index (κ3) is 4.99. The lowest BCUT2D eigenvalue weighted by Crippen LogP contribution is -2.43. The van der Waals surface area contributed by atoms with Crippen LogP contribution in [0, 0.1) is 5.92 Å². The summed E-state index contributed by atoms with van der Waals surface area (Å²) >= 11 is 7.85. The summed E-state index contributed by atoms with van der Waals surface area (Å²) in [7, 11) is -2.07. The monoisotopic (exact) mass is 669 g/mol. The Balaban J connectivity index is 1.36. The third-order valence-corrected chi connectivity index (χ3v) is 12.3. The van der Waals surface area contributed by atoms with Gasteiger partial charge in [0, 0.05) is 59.8 Å². The lowest BCUT2D eigenvalue weighted by Gasteiger charge is -2.31. The fourth-order valence-electron chi connectivity index (χ4n) is 4.93. The summed E-state index contributed by atoms with van der Waals surface area (Å²) < 4.78 is 34.6. The van der Waals surface area contributed by atoms with E-state index in [9.17, 15) is 18.0 Å². The zero-order chi connectivity index (χ0) is 26.3. The van der Waals surface area contributed by atoms with E-state index in [4.69, 9.17) is 4.74 Å². The molecule has 5 rings (SSSR count). The van der Waals surface area contributed by atoms with Crippen molar-refractivity contribution < 1.29 is 22.7 Å². The van der Waals surface area contributed by atoms with Crippen molar-refractivity contribution in [1.29, 1.82) is 0 Å². The van der Waals surface area contributed by atoms with Gasteiger partial charge in [0.05, 0.1) is 15.4 Å². The van der Waals surface area contributed by atoms with Crippen LogP contribution >= 0.6 is 43.2 Å². The number of sulfonamides is 1. The molecule has 8 nitrogen and oxygen atoms in total. The van der Waals surface area contributed by atoms with Crippen molar-refractivity contribution in [3.63, 3.8) is 0 Å². The Labute approximate surface area is 236 Å². The summed E-state index contributed by atoms with van der Waals surface area (Å²) in [5.41, 5.74) is 2.06. The van der Waals surface area contributed by atoms with Gasteiger partial charge in [-0.2, -0.15) is 4.31 Å². The highest BCUT2D eigenvalue weighted by molar-refractivity contribution is 9.13. The Morgan fingerprint density at radius 2 is 2.05 bits per heavy atom. The highest BCUT2D eigenvalue weighted by Gasteiger charge is 2.35. The van der Waals surface area contributed by atoms with Crippen molar-refractivity contribution in [2.45, 2.75) is 23.5 Å². The number of hydrogen-bond acceptors (Lipinski definition) is 6. The molecule has 196 valence electrons. The zero-order valence-corrected chi connectivity index (χ0v) is 24.8. The van der Waals surface area contributed by atoms with E-state index in [1.165, 1.54) is 4.31 Å². The molecule has 1 aromatic heterocycles. The number of hydrogen-bond donors (Lipinski definition) is 1. The number of amides is 2. The van der Waals surface area contributed by atoms with Crippen LogP contribution in [0.5, 0.6) is 0 Å². The van der Waals surface area contributed by atoms with E-state index < -0.39 is 15.9 Å². The average molecular weight is 671 g/mol. The van der Waals surface area contributed by atoms with Gasteiger partial charge in [-0.05, 0) is 75.4 Å². The van der Waals surface area contributed by atoms with Crippen molar-refractivity contribution in [2.75, 3.05) is 43.6 Å². The first-order chi connectivity index (χ1) is 17.7. The lowest BCUT2D eigenvalue weighted by atomic mass is 9.98. The predicted molar refractivity (Wildman–Crippen MR) is 152 cm³/mol. The summed E-state index contributed by atoms with van der Waals surface area (Å²) in [6, 6.07) is 10.8. The van der Waals surface area contributed by atoms with Crippen LogP contribution in [-0.2, 0) is 19.6 Å². The zero-order valence-electron chi connectivity index (χ0n) is 20.0. The van der Waals surface area contributed by atoms with Gasteiger partial charge in [0.1, 0.15) is 4.21 Å². The van der Waals surface area contributed by atoms with Crippen LogP contribution in [0.3, 0.4) is 0 Å². The van der Waals surface area contributed by atoms with Crippen LogP contribution in [0.4, 0.5) is 11.4 Å². The van der Waals surface area contributed by atoms with E-state index in [0.29, 0.717) is 52.0 Å². The van der Waals surface area contributed by atoms with Gasteiger partial charge < -0.3 is 15.0 Å². The second kappa shape index (κ2) is 10.7. The lowest BCUT2D eigenvalue weighted by molar-refractivity contribution is -0.120. The molecule has 1 fully saturated rings. The second-order valence-corrected chi connectivity index (χ2v) is 14.4. The van der Waals surface area contributed by atoms with E-state index in [-0.39, 0.29) is 22.6 Å². The van der Waals surface area contributed by atoms with Gasteiger partial charge in [-0.15, -0.1) is 11.3 Å². The van der Waals surface area contributed by atoms with Crippen LogP contribution in [0.15, 0.2) is 48.9 Å². The molecule has 3 aromatic rings. The number of nitrogens with one attached hydrogen (secondary N) is 1. The number of piperidine rings is 1. The van der Waals surface area contributed by atoms with Crippen molar-refractivity contribution in [1.82, 2.24) is 4.31 Å². The van der Waals surface area contributed by atoms with E-state index in [1.807, 2.05) is 24.3 Å². The number of carbonyl (C=O) groups is 2. The largest absolute Gasteiger partial charge is 0.385 e. The van der Waals surface area contributed by atoms with Crippen LogP contribution in [0.25, 0.3) is 10.8 Å². The first-order valence-corrected chi connectivity index (χ1v) is 15.7. The molecule has 1 saturated heterocycles. The summed E-state index contributed by atoms with van der Waals surface area (Å²) in [6.07, 6.45) is 1.92. The molecule has 0 bridgehead atoms. The molecule has 0 radical (unpaired) electrons. The summed E-state index contributed by atoms with van der Waals surface area (Å²) in [6.45, 7) is 1.61. The number of anilines is 2. The summed E-state index contributed by atoms with van der Waals surface area (Å²) in [4.78, 5) is 28.1. The van der Waals surface area contributed by atoms with Gasteiger partial charge in [-0.3, -0.25) is 9.59 Å². The number of halogens is 2. The highest BCUT2D eigenvalue weighted by atomic mass is 79.9. The van der Waals surface area contributed by atoms with E-state index in [2.05, 4.69) is 37.2 Å². The molecule has 1 unspecified atom stereocenters. The molecule has 1 N–H and O–H groups in total. The SMILES string of the molecule is COCCCN1C(=O)c2cccc3c(NC(=O)C4CCCN(S(=O)(=O)c5cc(Br)c(Br)s5)C4)ccc1c23. The van der Waals surface area contributed by atoms with E-state index in [0.717, 1.165) is 34.2 Å². The topological polar surface area (TPSA) is 96.0 Å². The van der Waals surface area contributed by atoms with Gasteiger partial charge in [0.15, 0.2) is 0 Å². The molecule has 3 heterocycles. The average Bonchev–Trinajstić information content (AvgIpc) is 3.38. The number of carbonyl (C=O) groups excluding carboxylic acids is 2. The maximum Gasteiger partial charge on any atom is 0.258 e. The third-order valence-electron chi connectivity index (χ3n) is 6.74. The number of benzene rings is 2. The maximum atomic E-state index is 13.3. The predicted octanol–water partition coefficient (Wildman–Crippen LogP) is 5.46. The normalized spacial score (nSPS) is 18.1. The standard InChI is InChI=1S/C25H25Br2N3O5S2/c1-35-12-4-11-30-20-9-8-19(16-6-2-7-17(22(16)20)25(30)32)28-24(31)15-5-3-10-29(14-15)37(33,34)21-13-18(26)23(27)36-21/h2,6-9,13,15H,3-5,10-12,14H2,1H3,(H,28,31). The van der Waals surface area contributed by atoms with E-state index >= 15 is 0 Å². The fourth-order valence-corrected chi connectivity index (χ4v) is 9.43. The summed E-state index contributed by atoms with van der Waals surface area (Å²) in [5, 5.41) is 4.64. The van der Waals surface area contributed by atoms with Gasteiger partial charge in [0.25, 0.3) is 15.9 Å². The van der Waals surface area contributed by atoms with Crippen LogP contribution in [0.1, 0.15) is 29.6 Å². The Kier molecular flexibility index (Phi) is 7.77. The van der Waals surface area contributed by atoms with Gasteiger partial charge in [-0.25, -0.2) is 8.42 Å². The number of nitrogens with zero attached hydrogens (tertiary/aromatic N) is 2. The molecule has 1 atom stereocenters. The van der Waals surface area contributed by atoms with Crippen molar-refractivity contribution >= 4 is 87.2 Å². The molecule has 0 spiro atoms. The smallest absolute Gasteiger partial charge is 0.258 e. The highest BCUT2D eigenvalue weighted by Crippen LogP contribution is 2.41. The Bertz CT molecular complexity index is 1470. The molecule has 37 heavy (non-hydrogen) atoms. The molecule has 12 heteroatoms. The maximum absolute atomic E-state index is 13.3. The molecule has 2 aliphatic rings. The minimum atomic E-state index is -3.70. The van der Waals surface area contributed by atoms with Crippen LogP contribution in [-0.4, -0.2) is 57.9 Å². The second-order valence-electron chi connectivity index (χ2n) is 9.04. The molecular weight excluding hydrogens is 646 g/mol. The first kappa shape index (κ1) is 26.8. The fraction of sp³-hybridized carbons (Fsp3) is 0.360. The van der Waals surface area contributed by atoms with E-state index in [1.54, 1.807) is 24.1 Å². The number of methoxy groups -OCH3 is 1. The molecule has 2 aliphatic heterocycles. The summed E-state index contributed by atoms with van der Waals surface area (Å²) in [5.74, 6) is -0.763. The number of thiophene rings is 1. The Morgan fingerprint density at radius 3 is 2.78 bits per heavy atom. The first-order valence-electron chi connectivity index (χ1n) is 11.8. The molecule has 0 aliphatic carbocycles. The Hall–Kier alpha value is -1.83. The van der Waals surface area contributed by atoms with Crippen molar-refractivity contribution in [2.24, 2.45) is 5.92 Å². The van der Waals surface area contributed by atoms with Crippen LogP contribution < -0.4 is 10.2 Å². The van der Waals surface area contributed by atoms with Crippen molar-refractivity contribution in [3.8, 4) is 0 Å². The quantitative estimate of drug-likeness (QED) is 0.321. The van der Waals surface area contributed by atoms with Gasteiger partial charge in [0.2, 0.25) is 5.91 Å².